The molecule has 0 unspecified atom stereocenters. The highest BCUT2D eigenvalue weighted by Gasteiger charge is 2.28. The average Bonchev–Trinajstić information content (AvgIpc) is 2.74. The zero-order chi connectivity index (χ0) is 12.3. The van der Waals surface area contributed by atoms with Crippen LogP contribution in [0.2, 0.25) is 5.15 Å². The van der Waals surface area contributed by atoms with E-state index in [0.717, 1.165) is 6.54 Å². The second-order valence-corrected chi connectivity index (χ2v) is 5.28. The Kier molecular flexibility index (Phi) is 3.72. The minimum atomic E-state index is 0.349. The van der Waals surface area contributed by atoms with Crippen LogP contribution in [0.3, 0.4) is 0 Å². The van der Waals surface area contributed by atoms with Crippen molar-refractivity contribution in [2.45, 2.75) is 32.6 Å². The summed E-state index contributed by atoms with van der Waals surface area (Å²) in [5.74, 6) is 1.20. The van der Waals surface area contributed by atoms with Crippen molar-refractivity contribution in [2.24, 2.45) is 5.41 Å². The third-order valence-electron chi connectivity index (χ3n) is 3.46. The molecule has 1 N–H and O–H groups in total. The van der Waals surface area contributed by atoms with Gasteiger partial charge in [-0.15, -0.1) is 0 Å². The number of ether oxygens (including phenoxy) is 1. The SMILES string of the molecule is COc1c(Cl)ncnc1NCC1(C)CCCC1. The summed E-state index contributed by atoms with van der Waals surface area (Å²) in [5, 5.41) is 3.68. The summed E-state index contributed by atoms with van der Waals surface area (Å²) in [4.78, 5) is 8.07. The van der Waals surface area contributed by atoms with Gasteiger partial charge in [-0.3, -0.25) is 0 Å². The minimum absolute atomic E-state index is 0.349. The number of anilines is 1. The summed E-state index contributed by atoms with van der Waals surface area (Å²) in [5.41, 5.74) is 0.364. The summed E-state index contributed by atoms with van der Waals surface area (Å²) in [6, 6.07) is 0. The molecule has 0 aromatic carbocycles. The molecule has 0 spiro atoms. The van der Waals surface area contributed by atoms with Crippen LogP contribution >= 0.6 is 11.6 Å². The van der Waals surface area contributed by atoms with E-state index in [1.54, 1.807) is 7.11 Å². The van der Waals surface area contributed by atoms with Crippen LogP contribution in [-0.4, -0.2) is 23.6 Å². The maximum absolute atomic E-state index is 5.94. The molecule has 0 saturated heterocycles. The molecular formula is C12H18ClN3O. The number of nitrogens with one attached hydrogen (secondary N) is 1. The maximum atomic E-state index is 5.94. The van der Waals surface area contributed by atoms with E-state index in [1.807, 2.05) is 0 Å². The highest BCUT2D eigenvalue weighted by atomic mass is 35.5. The van der Waals surface area contributed by atoms with Gasteiger partial charge in [-0.25, -0.2) is 9.97 Å². The zero-order valence-corrected chi connectivity index (χ0v) is 11.0. The van der Waals surface area contributed by atoms with E-state index in [-0.39, 0.29) is 0 Å². The van der Waals surface area contributed by atoms with Crippen LogP contribution in [0.5, 0.6) is 5.75 Å². The highest BCUT2D eigenvalue weighted by Crippen LogP contribution is 2.38. The summed E-state index contributed by atoms with van der Waals surface area (Å²) in [6.45, 7) is 3.21. The molecule has 4 nitrogen and oxygen atoms in total. The second-order valence-electron chi connectivity index (χ2n) is 4.92. The number of rotatable bonds is 4. The lowest BCUT2D eigenvalue weighted by atomic mass is 9.89. The highest BCUT2D eigenvalue weighted by molar-refractivity contribution is 6.31. The third-order valence-corrected chi connectivity index (χ3v) is 3.73. The van der Waals surface area contributed by atoms with Crippen molar-refractivity contribution in [3.63, 3.8) is 0 Å². The van der Waals surface area contributed by atoms with Gasteiger partial charge >= 0.3 is 0 Å². The molecule has 1 aliphatic carbocycles. The number of hydrogen-bond donors (Lipinski definition) is 1. The molecule has 0 bridgehead atoms. The Morgan fingerprint density at radius 3 is 2.76 bits per heavy atom. The van der Waals surface area contributed by atoms with E-state index in [0.29, 0.717) is 22.1 Å². The molecule has 0 aliphatic heterocycles. The summed E-state index contributed by atoms with van der Waals surface area (Å²) < 4.78 is 5.20. The normalized spacial score (nSPS) is 18.1. The van der Waals surface area contributed by atoms with Gasteiger partial charge < -0.3 is 10.1 Å². The second kappa shape index (κ2) is 5.08. The van der Waals surface area contributed by atoms with Gasteiger partial charge in [0.1, 0.15) is 6.33 Å². The van der Waals surface area contributed by atoms with Crippen molar-refractivity contribution in [1.29, 1.82) is 0 Å². The summed E-state index contributed by atoms with van der Waals surface area (Å²) in [6.07, 6.45) is 6.62. The van der Waals surface area contributed by atoms with Gasteiger partial charge in [-0.05, 0) is 18.3 Å². The fraction of sp³-hybridized carbons (Fsp3) is 0.667. The van der Waals surface area contributed by atoms with Crippen molar-refractivity contribution in [3.05, 3.63) is 11.5 Å². The fourth-order valence-corrected chi connectivity index (χ4v) is 2.57. The molecule has 1 fully saturated rings. The molecule has 1 heterocycles. The Morgan fingerprint density at radius 1 is 1.41 bits per heavy atom. The van der Waals surface area contributed by atoms with E-state index in [4.69, 9.17) is 16.3 Å². The van der Waals surface area contributed by atoms with Crippen molar-refractivity contribution < 1.29 is 4.74 Å². The predicted molar refractivity (Wildman–Crippen MR) is 68.7 cm³/mol. The number of nitrogens with zero attached hydrogens (tertiary/aromatic N) is 2. The molecule has 2 rings (SSSR count). The maximum Gasteiger partial charge on any atom is 0.198 e. The lowest BCUT2D eigenvalue weighted by Gasteiger charge is -2.24. The number of hydrogen-bond acceptors (Lipinski definition) is 4. The van der Waals surface area contributed by atoms with Crippen LogP contribution in [0.1, 0.15) is 32.6 Å². The number of methoxy groups -OCH3 is 1. The zero-order valence-electron chi connectivity index (χ0n) is 10.3. The van der Waals surface area contributed by atoms with Gasteiger partial charge in [0.25, 0.3) is 0 Å². The molecule has 1 saturated carbocycles. The van der Waals surface area contributed by atoms with Crippen LogP contribution < -0.4 is 10.1 Å². The first kappa shape index (κ1) is 12.4. The average molecular weight is 256 g/mol. The molecule has 0 amide bonds. The first-order chi connectivity index (χ1) is 8.14. The van der Waals surface area contributed by atoms with E-state index >= 15 is 0 Å². The fourth-order valence-electron chi connectivity index (χ4n) is 2.36. The molecule has 17 heavy (non-hydrogen) atoms. The van der Waals surface area contributed by atoms with Crippen LogP contribution in [-0.2, 0) is 0 Å². The van der Waals surface area contributed by atoms with Gasteiger partial charge in [-0.1, -0.05) is 31.4 Å². The van der Waals surface area contributed by atoms with Gasteiger partial charge in [-0.2, -0.15) is 0 Å². The Morgan fingerprint density at radius 2 is 2.12 bits per heavy atom. The van der Waals surface area contributed by atoms with Crippen LogP contribution in [0.25, 0.3) is 0 Å². The van der Waals surface area contributed by atoms with Crippen LogP contribution in [0.4, 0.5) is 5.82 Å². The molecule has 0 radical (unpaired) electrons. The Bertz CT molecular complexity index is 391. The van der Waals surface area contributed by atoms with Gasteiger partial charge in [0.15, 0.2) is 16.7 Å². The molecule has 1 aliphatic rings. The Balaban J connectivity index is 2.06. The smallest absolute Gasteiger partial charge is 0.198 e. The quantitative estimate of drug-likeness (QED) is 0.840. The monoisotopic (exact) mass is 255 g/mol. The van der Waals surface area contributed by atoms with Crippen molar-refractivity contribution in [2.75, 3.05) is 19.0 Å². The summed E-state index contributed by atoms with van der Waals surface area (Å²) in [7, 11) is 1.58. The number of halogens is 1. The van der Waals surface area contributed by atoms with Gasteiger partial charge in [0.05, 0.1) is 7.11 Å². The Labute approximate surface area is 107 Å². The topological polar surface area (TPSA) is 47.0 Å². The Hall–Kier alpha value is -1.03. The molecule has 1 aromatic rings. The lowest BCUT2D eigenvalue weighted by molar-refractivity contribution is 0.359. The van der Waals surface area contributed by atoms with Crippen LogP contribution in [0.15, 0.2) is 6.33 Å². The standard InChI is InChI=1S/C12H18ClN3O/c1-12(5-3-4-6-12)7-14-11-9(17-2)10(13)15-8-16-11/h8H,3-7H2,1-2H3,(H,14,15,16). The van der Waals surface area contributed by atoms with Crippen molar-refractivity contribution >= 4 is 17.4 Å². The third kappa shape index (κ3) is 2.80. The molecule has 0 atom stereocenters. The molecule has 1 aromatic heterocycles. The first-order valence-electron chi connectivity index (χ1n) is 5.93. The molecule has 94 valence electrons. The molecule has 5 heteroatoms. The van der Waals surface area contributed by atoms with Crippen LogP contribution in [0, 0.1) is 5.41 Å². The molecular weight excluding hydrogens is 238 g/mol. The minimum Gasteiger partial charge on any atom is -0.490 e. The summed E-state index contributed by atoms with van der Waals surface area (Å²) >= 11 is 5.94. The van der Waals surface area contributed by atoms with Gasteiger partial charge in [0, 0.05) is 6.54 Å². The van der Waals surface area contributed by atoms with Gasteiger partial charge in [0.2, 0.25) is 0 Å². The predicted octanol–water partition coefficient (Wildman–Crippen LogP) is 3.13. The van der Waals surface area contributed by atoms with Crippen molar-refractivity contribution in [1.82, 2.24) is 9.97 Å². The van der Waals surface area contributed by atoms with E-state index in [9.17, 15) is 0 Å². The lowest BCUT2D eigenvalue weighted by Crippen LogP contribution is -2.23. The van der Waals surface area contributed by atoms with E-state index in [2.05, 4.69) is 22.2 Å². The van der Waals surface area contributed by atoms with E-state index in [1.165, 1.54) is 32.0 Å². The number of aromatic nitrogens is 2. The first-order valence-corrected chi connectivity index (χ1v) is 6.31. The largest absolute Gasteiger partial charge is 0.490 e. The van der Waals surface area contributed by atoms with E-state index < -0.39 is 0 Å². The van der Waals surface area contributed by atoms with Crippen molar-refractivity contribution in [3.8, 4) is 5.75 Å².